The SMILES string of the molecule is CCc1c(C)nc(-c2cccc(C)c2)nc1N1CCN(C(=O)c2cccc(C(F)(F)F)c2)CC1. The van der Waals surface area contributed by atoms with Crippen molar-refractivity contribution in [3.05, 3.63) is 76.5 Å². The number of rotatable bonds is 4. The van der Waals surface area contributed by atoms with Crippen LogP contribution in [0.3, 0.4) is 0 Å². The number of nitrogens with zero attached hydrogens (tertiary/aromatic N) is 4. The molecule has 0 saturated carbocycles. The number of hydrogen-bond acceptors (Lipinski definition) is 4. The molecule has 0 unspecified atom stereocenters. The van der Waals surface area contributed by atoms with E-state index in [1.807, 2.05) is 32.0 Å². The Labute approximate surface area is 197 Å². The van der Waals surface area contributed by atoms with E-state index in [0.717, 1.165) is 46.8 Å². The van der Waals surface area contributed by atoms with E-state index in [4.69, 9.17) is 9.97 Å². The van der Waals surface area contributed by atoms with Crippen LogP contribution in [0, 0.1) is 13.8 Å². The summed E-state index contributed by atoms with van der Waals surface area (Å²) in [6.45, 7) is 7.97. The normalized spacial score (nSPS) is 14.4. The number of carbonyl (C=O) groups excluding carboxylic acids is 1. The maximum absolute atomic E-state index is 13.1. The van der Waals surface area contributed by atoms with Gasteiger partial charge in [0.05, 0.1) is 5.56 Å². The fraction of sp³-hybridized carbons (Fsp3) is 0.346. The van der Waals surface area contributed by atoms with Crippen molar-refractivity contribution in [2.24, 2.45) is 0 Å². The molecule has 0 spiro atoms. The third-order valence-corrected chi connectivity index (χ3v) is 6.13. The van der Waals surface area contributed by atoms with Crippen LogP contribution in [-0.2, 0) is 12.6 Å². The van der Waals surface area contributed by atoms with Gasteiger partial charge in [-0.1, -0.05) is 36.8 Å². The van der Waals surface area contributed by atoms with Gasteiger partial charge in [-0.05, 0) is 44.5 Å². The molecule has 5 nitrogen and oxygen atoms in total. The molecule has 3 aromatic rings. The molecule has 2 aromatic carbocycles. The summed E-state index contributed by atoms with van der Waals surface area (Å²) in [6.07, 6.45) is -3.70. The lowest BCUT2D eigenvalue weighted by Gasteiger charge is -2.36. The maximum Gasteiger partial charge on any atom is 0.416 e. The number of alkyl halides is 3. The molecule has 178 valence electrons. The van der Waals surface area contributed by atoms with Crippen LogP contribution in [0.2, 0.25) is 0 Å². The lowest BCUT2D eigenvalue weighted by molar-refractivity contribution is -0.137. The molecule has 4 rings (SSSR count). The Balaban J connectivity index is 1.54. The molecule has 1 amide bonds. The van der Waals surface area contributed by atoms with Gasteiger partial charge in [0.25, 0.3) is 5.91 Å². The van der Waals surface area contributed by atoms with Crippen LogP contribution in [0.25, 0.3) is 11.4 Å². The Kier molecular flexibility index (Phi) is 6.59. The third-order valence-electron chi connectivity index (χ3n) is 6.13. The smallest absolute Gasteiger partial charge is 0.353 e. The number of hydrogen-bond donors (Lipinski definition) is 0. The molecule has 1 saturated heterocycles. The Hall–Kier alpha value is -3.42. The van der Waals surface area contributed by atoms with E-state index >= 15 is 0 Å². The number of piperazine rings is 1. The second-order valence-corrected chi connectivity index (χ2v) is 8.52. The van der Waals surface area contributed by atoms with Crippen LogP contribution in [-0.4, -0.2) is 47.0 Å². The molecule has 0 bridgehead atoms. The predicted molar refractivity (Wildman–Crippen MR) is 126 cm³/mol. The zero-order valence-electron chi connectivity index (χ0n) is 19.5. The van der Waals surface area contributed by atoms with Gasteiger partial charge in [-0.15, -0.1) is 0 Å². The highest BCUT2D eigenvalue weighted by atomic mass is 19.4. The monoisotopic (exact) mass is 468 g/mol. The second kappa shape index (κ2) is 9.44. The number of aryl methyl sites for hydroxylation is 2. The van der Waals surface area contributed by atoms with Gasteiger partial charge >= 0.3 is 6.18 Å². The van der Waals surface area contributed by atoms with E-state index in [2.05, 4.69) is 17.9 Å². The Morgan fingerprint density at radius 3 is 2.32 bits per heavy atom. The molecule has 2 heterocycles. The number of halogens is 3. The standard InChI is InChI=1S/C26H27F3N4O/c1-4-22-18(3)30-23(19-8-5-7-17(2)15-19)31-24(22)32-11-13-33(14-12-32)25(34)20-9-6-10-21(16-20)26(27,28)29/h5-10,15-16H,4,11-14H2,1-3H3. The minimum absolute atomic E-state index is 0.0529. The highest BCUT2D eigenvalue weighted by molar-refractivity contribution is 5.94. The van der Waals surface area contributed by atoms with Crippen LogP contribution in [0.1, 0.15) is 39.7 Å². The third kappa shape index (κ3) is 4.90. The van der Waals surface area contributed by atoms with Gasteiger partial charge in [-0.25, -0.2) is 9.97 Å². The van der Waals surface area contributed by atoms with Crippen molar-refractivity contribution in [1.29, 1.82) is 0 Å². The van der Waals surface area contributed by atoms with Crippen LogP contribution >= 0.6 is 0 Å². The number of anilines is 1. The first-order valence-electron chi connectivity index (χ1n) is 11.3. The molecule has 34 heavy (non-hydrogen) atoms. The largest absolute Gasteiger partial charge is 0.416 e. The molecular formula is C26H27F3N4O. The first-order valence-corrected chi connectivity index (χ1v) is 11.3. The zero-order chi connectivity index (χ0) is 24.5. The van der Waals surface area contributed by atoms with E-state index in [9.17, 15) is 18.0 Å². The molecule has 1 aliphatic rings. The van der Waals surface area contributed by atoms with E-state index in [0.29, 0.717) is 32.0 Å². The van der Waals surface area contributed by atoms with Crippen molar-refractivity contribution in [2.75, 3.05) is 31.1 Å². The summed E-state index contributed by atoms with van der Waals surface area (Å²) in [5, 5.41) is 0. The topological polar surface area (TPSA) is 49.3 Å². The minimum Gasteiger partial charge on any atom is -0.353 e. The van der Waals surface area contributed by atoms with E-state index < -0.39 is 11.7 Å². The first-order chi connectivity index (χ1) is 16.2. The Morgan fingerprint density at radius 1 is 0.971 bits per heavy atom. The van der Waals surface area contributed by atoms with Crippen molar-refractivity contribution in [3.63, 3.8) is 0 Å². The number of amides is 1. The van der Waals surface area contributed by atoms with Crippen molar-refractivity contribution in [2.45, 2.75) is 33.4 Å². The van der Waals surface area contributed by atoms with Crippen molar-refractivity contribution >= 4 is 11.7 Å². The van der Waals surface area contributed by atoms with Crippen molar-refractivity contribution in [3.8, 4) is 11.4 Å². The first kappa shape index (κ1) is 23.7. The number of benzene rings is 2. The van der Waals surface area contributed by atoms with Gasteiger partial charge in [0, 0.05) is 48.6 Å². The number of aromatic nitrogens is 2. The molecule has 1 aliphatic heterocycles. The molecule has 1 aromatic heterocycles. The van der Waals surface area contributed by atoms with Crippen LogP contribution in [0.5, 0.6) is 0 Å². The Bertz CT molecular complexity index is 1200. The number of carbonyl (C=O) groups is 1. The van der Waals surface area contributed by atoms with E-state index in [-0.39, 0.29) is 11.5 Å². The summed E-state index contributed by atoms with van der Waals surface area (Å²) in [5.41, 5.74) is 3.30. The van der Waals surface area contributed by atoms with Gasteiger partial charge in [0.2, 0.25) is 0 Å². The minimum atomic E-state index is -4.48. The average molecular weight is 469 g/mol. The molecule has 8 heteroatoms. The summed E-state index contributed by atoms with van der Waals surface area (Å²) < 4.78 is 39.2. The summed E-state index contributed by atoms with van der Waals surface area (Å²) >= 11 is 0. The van der Waals surface area contributed by atoms with Crippen LogP contribution in [0.4, 0.5) is 19.0 Å². The maximum atomic E-state index is 13.1. The van der Waals surface area contributed by atoms with Crippen LogP contribution in [0.15, 0.2) is 48.5 Å². The van der Waals surface area contributed by atoms with Crippen molar-refractivity contribution in [1.82, 2.24) is 14.9 Å². The lowest BCUT2D eigenvalue weighted by Crippen LogP contribution is -2.49. The van der Waals surface area contributed by atoms with Gasteiger partial charge < -0.3 is 9.80 Å². The van der Waals surface area contributed by atoms with Gasteiger partial charge in [-0.2, -0.15) is 13.2 Å². The molecular weight excluding hydrogens is 441 g/mol. The second-order valence-electron chi connectivity index (χ2n) is 8.52. The summed E-state index contributed by atoms with van der Waals surface area (Å²) in [4.78, 5) is 26.3. The average Bonchev–Trinajstić information content (AvgIpc) is 2.83. The highest BCUT2D eigenvalue weighted by Crippen LogP contribution is 2.30. The summed E-state index contributed by atoms with van der Waals surface area (Å²) in [6, 6.07) is 12.7. The Morgan fingerprint density at radius 2 is 1.68 bits per heavy atom. The molecule has 0 atom stereocenters. The quantitative estimate of drug-likeness (QED) is 0.521. The highest BCUT2D eigenvalue weighted by Gasteiger charge is 2.32. The lowest BCUT2D eigenvalue weighted by atomic mass is 10.1. The molecule has 0 aliphatic carbocycles. The van der Waals surface area contributed by atoms with E-state index in [1.165, 1.54) is 12.1 Å². The molecule has 0 N–H and O–H groups in total. The predicted octanol–water partition coefficient (Wildman–Crippen LogP) is 5.30. The van der Waals surface area contributed by atoms with Gasteiger partial charge in [0.15, 0.2) is 5.82 Å². The van der Waals surface area contributed by atoms with Gasteiger partial charge in [0.1, 0.15) is 5.82 Å². The zero-order valence-corrected chi connectivity index (χ0v) is 19.5. The fourth-order valence-corrected chi connectivity index (χ4v) is 4.30. The fourth-order valence-electron chi connectivity index (χ4n) is 4.30. The summed E-state index contributed by atoms with van der Waals surface area (Å²) in [7, 11) is 0. The molecule has 1 fully saturated rings. The van der Waals surface area contributed by atoms with E-state index in [1.54, 1.807) is 4.90 Å². The van der Waals surface area contributed by atoms with Crippen molar-refractivity contribution < 1.29 is 18.0 Å². The molecule has 0 radical (unpaired) electrons. The van der Waals surface area contributed by atoms with Crippen LogP contribution < -0.4 is 4.90 Å². The van der Waals surface area contributed by atoms with Gasteiger partial charge in [-0.3, -0.25) is 4.79 Å². The summed E-state index contributed by atoms with van der Waals surface area (Å²) in [5.74, 6) is 1.13.